The number of unbranched alkanes of at least 4 members (excludes halogenated alkanes) is 1. The predicted octanol–water partition coefficient (Wildman–Crippen LogP) is 2.55. The normalized spacial score (nSPS) is 13.7. The van der Waals surface area contributed by atoms with Crippen LogP contribution in [0.5, 0.6) is 0 Å². The lowest BCUT2D eigenvalue weighted by Gasteiger charge is -2.15. The highest BCUT2D eigenvalue weighted by Gasteiger charge is 2.25. The molecule has 0 aliphatic heterocycles. The van der Waals surface area contributed by atoms with Crippen LogP contribution in [-0.4, -0.2) is 22.9 Å². The Bertz CT molecular complexity index is 490. The quantitative estimate of drug-likeness (QED) is 0.733. The molecule has 2 atom stereocenters. The summed E-state index contributed by atoms with van der Waals surface area (Å²) < 4.78 is 13.6. The van der Waals surface area contributed by atoms with Crippen molar-refractivity contribution < 1.29 is 19.1 Å². The third-order valence-corrected chi connectivity index (χ3v) is 3.50. The fourth-order valence-corrected chi connectivity index (χ4v) is 2.16. The number of carboxylic acid groups (broad SMARTS) is 1. The minimum Gasteiger partial charge on any atom is -0.481 e. The second kappa shape index (κ2) is 8.52. The zero-order valence-corrected chi connectivity index (χ0v) is 12.2. The van der Waals surface area contributed by atoms with Crippen LogP contribution >= 0.6 is 0 Å². The van der Waals surface area contributed by atoms with Crippen LogP contribution < -0.4 is 5.73 Å². The number of carbonyl (C=O) groups excluding carboxylic acids is 1. The first-order valence-corrected chi connectivity index (χ1v) is 7.20. The molecule has 21 heavy (non-hydrogen) atoms. The summed E-state index contributed by atoms with van der Waals surface area (Å²) in [6, 6.07) is 5.37. The SMILES string of the molecule is CCCC[C@H](N)C(=O)CC(Cc1ccccc1F)C(=O)O. The topological polar surface area (TPSA) is 80.4 Å². The van der Waals surface area contributed by atoms with Gasteiger partial charge in [0.05, 0.1) is 12.0 Å². The molecule has 0 amide bonds. The van der Waals surface area contributed by atoms with Crippen LogP contribution in [0.2, 0.25) is 0 Å². The zero-order chi connectivity index (χ0) is 15.8. The van der Waals surface area contributed by atoms with E-state index in [4.69, 9.17) is 5.73 Å². The van der Waals surface area contributed by atoms with E-state index in [0.717, 1.165) is 12.8 Å². The van der Waals surface area contributed by atoms with Gasteiger partial charge in [-0.2, -0.15) is 0 Å². The molecule has 0 aliphatic rings. The molecule has 5 heteroatoms. The van der Waals surface area contributed by atoms with E-state index in [9.17, 15) is 19.1 Å². The summed E-state index contributed by atoms with van der Waals surface area (Å²) in [5, 5.41) is 9.22. The van der Waals surface area contributed by atoms with E-state index in [1.807, 2.05) is 6.92 Å². The van der Waals surface area contributed by atoms with Crippen LogP contribution in [0.15, 0.2) is 24.3 Å². The first-order valence-electron chi connectivity index (χ1n) is 7.20. The van der Waals surface area contributed by atoms with Crippen molar-refractivity contribution in [1.82, 2.24) is 0 Å². The van der Waals surface area contributed by atoms with Crippen molar-refractivity contribution in [3.8, 4) is 0 Å². The van der Waals surface area contributed by atoms with E-state index < -0.39 is 23.7 Å². The smallest absolute Gasteiger partial charge is 0.307 e. The van der Waals surface area contributed by atoms with E-state index >= 15 is 0 Å². The molecule has 0 aromatic heterocycles. The molecule has 0 fully saturated rings. The van der Waals surface area contributed by atoms with Gasteiger partial charge in [-0.25, -0.2) is 4.39 Å². The summed E-state index contributed by atoms with van der Waals surface area (Å²) >= 11 is 0. The van der Waals surface area contributed by atoms with Crippen molar-refractivity contribution in [1.29, 1.82) is 0 Å². The number of benzene rings is 1. The van der Waals surface area contributed by atoms with Crippen LogP contribution in [0.25, 0.3) is 0 Å². The van der Waals surface area contributed by atoms with Crippen LogP contribution in [0, 0.1) is 11.7 Å². The number of hydrogen-bond acceptors (Lipinski definition) is 3. The van der Waals surface area contributed by atoms with Crippen LogP contribution in [0.3, 0.4) is 0 Å². The van der Waals surface area contributed by atoms with Gasteiger partial charge >= 0.3 is 5.97 Å². The van der Waals surface area contributed by atoms with Crippen LogP contribution in [-0.2, 0) is 16.0 Å². The molecule has 0 spiro atoms. The predicted molar refractivity (Wildman–Crippen MR) is 78.4 cm³/mol. The van der Waals surface area contributed by atoms with Crippen molar-refractivity contribution in [2.45, 2.75) is 45.1 Å². The summed E-state index contributed by atoms with van der Waals surface area (Å²) in [4.78, 5) is 23.2. The van der Waals surface area contributed by atoms with Crippen LogP contribution in [0.4, 0.5) is 4.39 Å². The highest BCUT2D eigenvalue weighted by atomic mass is 19.1. The van der Waals surface area contributed by atoms with Gasteiger partial charge in [0.2, 0.25) is 0 Å². The summed E-state index contributed by atoms with van der Waals surface area (Å²) in [6.45, 7) is 2.00. The first-order chi connectivity index (χ1) is 9.95. The number of hydrogen-bond donors (Lipinski definition) is 2. The fourth-order valence-electron chi connectivity index (χ4n) is 2.16. The lowest BCUT2D eigenvalue weighted by molar-refractivity contribution is -0.143. The van der Waals surface area contributed by atoms with Crippen molar-refractivity contribution >= 4 is 11.8 Å². The average Bonchev–Trinajstić information content (AvgIpc) is 2.45. The van der Waals surface area contributed by atoms with E-state index in [0.29, 0.717) is 12.0 Å². The number of halogens is 1. The van der Waals surface area contributed by atoms with Crippen molar-refractivity contribution in [3.63, 3.8) is 0 Å². The number of nitrogens with two attached hydrogens (primary N) is 1. The van der Waals surface area contributed by atoms with Gasteiger partial charge in [-0.1, -0.05) is 38.0 Å². The van der Waals surface area contributed by atoms with E-state index in [-0.39, 0.29) is 18.6 Å². The molecule has 3 N–H and O–H groups in total. The number of ketones is 1. The first kappa shape index (κ1) is 17.3. The van der Waals surface area contributed by atoms with Crippen molar-refractivity contribution in [3.05, 3.63) is 35.6 Å². The molecule has 0 saturated heterocycles. The Morgan fingerprint density at radius 2 is 2.00 bits per heavy atom. The maximum Gasteiger partial charge on any atom is 0.307 e. The Morgan fingerprint density at radius 1 is 1.33 bits per heavy atom. The summed E-state index contributed by atoms with van der Waals surface area (Å²) in [7, 11) is 0. The van der Waals surface area contributed by atoms with Gasteiger partial charge in [-0.05, 0) is 24.5 Å². The summed E-state index contributed by atoms with van der Waals surface area (Å²) in [6.07, 6.45) is 2.15. The standard InChI is InChI=1S/C16H22FNO3/c1-2-3-8-14(18)15(19)10-12(16(20)21)9-11-6-4-5-7-13(11)17/h4-7,12,14H,2-3,8-10,18H2,1H3,(H,20,21)/t12?,14-/m0/s1. The van der Waals surface area contributed by atoms with E-state index in [1.165, 1.54) is 12.1 Å². The van der Waals surface area contributed by atoms with Gasteiger partial charge in [-0.3, -0.25) is 9.59 Å². The Labute approximate surface area is 124 Å². The minimum absolute atomic E-state index is 0.00571. The number of rotatable bonds is 9. The molecule has 1 aromatic rings. The molecule has 0 bridgehead atoms. The molecule has 0 aliphatic carbocycles. The lowest BCUT2D eigenvalue weighted by Crippen LogP contribution is -2.33. The molecule has 1 rings (SSSR count). The third-order valence-electron chi connectivity index (χ3n) is 3.50. The Morgan fingerprint density at radius 3 is 2.57 bits per heavy atom. The van der Waals surface area contributed by atoms with E-state index in [1.54, 1.807) is 12.1 Å². The van der Waals surface area contributed by atoms with Crippen LogP contribution in [0.1, 0.15) is 38.2 Å². The number of carbonyl (C=O) groups is 2. The maximum atomic E-state index is 13.6. The van der Waals surface area contributed by atoms with Gasteiger partial charge in [0.1, 0.15) is 11.6 Å². The zero-order valence-electron chi connectivity index (χ0n) is 12.2. The molecule has 1 aromatic carbocycles. The Kier molecular flexibility index (Phi) is 7.02. The summed E-state index contributed by atoms with van der Waals surface area (Å²) in [5.41, 5.74) is 6.06. The summed E-state index contributed by atoms with van der Waals surface area (Å²) in [5.74, 6) is -2.77. The van der Waals surface area contributed by atoms with Crippen molar-refractivity contribution in [2.75, 3.05) is 0 Å². The Hall–Kier alpha value is -1.75. The van der Waals surface area contributed by atoms with Crippen molar-refractivity contribution in [2.24, 2.45) is 11.7 Å². The number of carboxylic acids is 1. The van der Waals surface area contributed by atoms with Gasteiger partial charge in [0.25, 0.3) is 0 Å². The highest BCUT2D eigenvalue weighted by molar-refractivity contribution is 5.87. The van der Waals surface area contributed by atoms with E-state index in [2.05, 4.69) is 0 Å². The van der Waals surface area contributed by atoms with Gasteiger partial charge in [0, 0.05) is 6.42 Å². The van der Waals surface area contributed by atoms with Gasteiger partial charge < -0.3 is 10.8 Å². The maximum absolute atomic E-state index is 13.6. The number of Topliss-reactive ketones (excluding diaryl/α,β-unsaturated/α-hetero) is 1. The lowest BCUT2D eigenvalue weighted by atomic mass is 9.91. The minimum atomic E-state index is -1.10. The van der Waals surface area contributed by atoms with Gasteiger partial charge in [-0.15, -0.1) is 0 Å². The third kappa shape index (κ3) is 5.63. The molecule has 0 saturated carbocycles. The molecule has 116 valence electrons. The van der Waals surface area contributed by atoms with Gasteiger partial charge in [0.15, 0.2) is 0 Å². The molecule has 0 heterocycles. The number of aliphatic carboxylic acids is 1. The highest BCUT2D eigenvalue weighted by Crippen LogP contribution is 2.17. The fraction of sp³-hybridized carbons (Fsp3) is 0.500. The molecule has 0 radical (unpaired) electrons. The monoisotopic (exact) mass is 295 g/mol. The Balaban J connectivity index is 2.68. The second-order valence-corrected chi connectivity index (χ2v) is 5.25. The molecule has 4 nitrogen and oxygen atoms in total. The molecule has 1 unspecified atom stereocenters. The largest absolute Gasteiger partial charge is 0.481 e. The average molecular weight is 295 g/mol. The second-order valence-electron chi connectivity index (χ2n) is 5.25. The molecular formula is C16H22FNO3. The molecular weight excluding hydrogens is 273 g/mol.